The van der Waals surface area contributed by atoms with Gasteiger partial charge < -0.3 is 4.74 Å². The molecular formula is C28H23NOS. The molecule has 0 saturated heterocycles. The second-order valence-electron chi connectivity index (χ2n) is 8.23. The summed E-state index contributed by atoms with van der Waals surface area (Å²) in [5.74, 6) is 0.908. The van der Waals surface area contributed by atoms with Crippen LogP contribution < -0.4 is 4.74 Å². The number of methoxy groups -OCH3 is 1. The lowest BCUT2D eigenvalue weighted by molar-refractivity contribution is 0.416. The number of hydrogen-bond acceptors (Lipinski definition) is 3. The van der Waals surface area contributed by atoms with E-state index in [2.05, 4.69) is 54.6 Å². The SMILES string of the molecule is COc1ccccc1-c1ccc2c(c1)sc1ccc(-c3nccc4c3CCCC4)cc12. The first kappa shape index (κ1) is 18.6. The van der Waals surface area contributed by atoms with Crippen molar-refractivity contribution in [1.29, 1.82) is 0 Å². The molecule has 0 N–H and O–H groups in total. The number of para-hydroxylation sites is 1. The Morgan fingerprint density at radius 3 is 2.61 bits per heavy atom. The zero-order chi connectivity index (χ0) is 20.8. The second kappa shape index (κ2) is 7.51. The van der Waals surface area contributed by atoms with Crippen molar-refractivity contribution < 1.29 is 4.74 Å². The van der Waals surface area contributed by atoms with E-state index in [1.54, 1.807) is 7.11 Å². The summed E-state index contributed by atoms with van der Waals surface area (Å²) in [6.07, 6.45) is 6.86. The summed E-state index contributed by atoms with van der Waals surface area (Å²) in [6, 6.07) is 24.0. The molecule has 2 aromatic heterocycles. The molecule has 3 heteroatoms. The Balaban J connectivity index is 1.49. The second-order valence-corrected chi connectivity index (χ2v) is 9.31. The fraction of sp³-hybridized carbons (Fsp3) is 0.179. The van der Waals surface area contributed by atoms with Gasteiger partial charge in [-0.15, -0.1) is 11.3 Å². The molecule has 1 aliphatic carbocycles. The minimum absolute atomic E-state index is 0.908. The van der Waals surface area contributed by atoms with Crippen molar-refractivity contribution in [2.75, 3.05) is 7.11 Å². The minimum Gasteiger partial charge on any atom is -0.496 e. The lowest BCUT2D eigenvalue weighted by Crippen LogP contribution is -2.05. The van der Waals surface area contributed by atoms with Crippen LogP contribution in [0.3, 0.4) is 0 Å². The van der Waals surface area contributed by atoms with E-state index in [0.717, 1.165) is 17.7 Å². The number of hydrogen-bond donors (Lipinski definition) is 0. The molecule has 0 aliphatic heterocycles. The predicted octanol–water partition coefficient (Wildman–Crippen LogP) is 7.67. The van der Waals surface area contributed by atoms with E-state index in [1.807, 2.05) is 29.7 Å². The highest BCUT2D eigenvalue weighted by Crippen LogP contribution is 2.40. The van der Waals surface area contributed by atoms with Crippen LogP contribution in [0, 0.1) is 0 Å². The van der Waals surface area contributed by atoms with Gasteiger partial charge in [0.2, 0.25) is 0 Å². The molecule has 0 spiro atoms. The van der Waals surface area contributed by atoms with Crippen LogP contribution in [0.15, 0.2) is 72.9 Å². The molecular weight excluding hydrogens is 398 g/mol. The molecule has 6 rings (SSSR count). The van der Waals surface area contributed by atoms with Gasteiger partial charge in [0.15, 0.2) is 0 Å². The van der Waals surface area contributed by atoms with E-state index >= 15 is 0 Å². The molecule has 2 heterocycles. The summed E-state index contributed by atoms with van der Waals surface area (Å²) in [4.78, 5) is 4.80. The number of nitrogens with zero attached hydrogens (tertiary/aromatic N) is 1. The van der Waals surface area contributed by atoms with Crippen LogP contribution in [0.1, 0.15) is 24.0 Å². The predicted molar refractivity (Wildman–Crippen MR) is 131 cm³/mol. The highest BCUT2D eigenvalue weighted by molar-refractivity contribution is 7.25. The van der Waals surface area contributed by atoms with Crippen LogP contribution in [0.5, 0.6) is 5.75 Å². The van der Waals surface area contributed by atoms with Crippen LogP contribution in [0.2, 0.25) is 0 Å². The van der Waals surface area contributed by atoms with Crippen LogP contribution in [0.4, 0.5) is 0 Å². The Kier molecular flexibility index (Phi) is 4.50. The molecule has 1 aliphatic rings. The van der Waals surface area contributed by atoms with Gasteiger partial charge in [-0.2, -0.15) is 0 Å². The number of rotatable bonds is 3. The third-order valence-electron chi connectivity index (χ3n) is 6.44. The summed E-state index contributed by atoms with van der Waals surface area (Å²) < 4.78 is 8.20. The van der Waals surface area contributed by atoms with E-state index in [4.69, 9.17) is 9.72 Å². The lowest BCUT2D eigenvalue weighted by Gasteiger charge is -2.18. The van der Waals surface area contributed by atoms with Crippen LogP contribution in [0.25, 0.3) is 42.6 Å². The standard InChI is InChI=1S/C28H23NOS/c1-30-25-9-5-4-7-21(25)19-10-12-23-24-16-20(11-13-26(24)31-27(23)17-19)28-22-8-3-2-6-18(22)14-15-29-28/h4-5,7,9-17H,2-3,6,8H2,1H3. The molecule has 0 amide bonds. The molecule has 152 valence electrons. The van der Waals surface area contributed by atoms with Crippen molar-refractivity contribution in [2.24, 2.45) is 0 Å². The van der Waals surface area contributed by atoms with Crippen molar-refractivity contribution in [3.05, 3.63) is 84.1 Å². The van der Waals surface area contributed by atoms with Crippen molar-refractivity contribution in [1.82, 2.24) is 4.98 Å². The molecule has 3 aromatic carbocycles. The molecule has 0 bridgehead atoms. The molecule has 0 saturated carbocycles. The van der Waals surface area contributed by atoms with Crippen LogP contribution in [-0.4, -0.2) is 12.1 Å². The first-order valence-corrected chi connectivity index (χ1v) is 11.7. The van der Waals surface area contributed by atoms with Gasteiger partial charge in [0, 0.05) is 37.5 Å². The summed E-state index contributed by atoms with van der Waals surface area (Å²) in [5, 5.41) is 2.63. The topological polar surface area (TPSA) is 22.1 Å². The Morgan fingerprint density at radius 2 is 1.68 bits per heavy atom. The zero-order valence-corrected chi connectivity index (χ0v) is 18.3. The number of ether oxygens (including phenoxy) is 1. The molecule has 0 atom stereocenters. The van der Waals surface area contributed by atoms with Crippen molar-refractivity contribution in [3.8, 4) is 28.1 Å². The Bertz CT molecular complexity index is 1430. The normalized spacial score (nSPS) is 13.5. The van der Waals surface area contributed by atoms with Crippen LogP contribution >= 0.6 is 11.3 Å². The molecule has 5 aromatic rings. The quantitative estimate of drug-likeness (QED) is 0.298. The third kappa shape index (κ3) is 3.12. The van der Waals surface area contributed by atoms with Crippen LogP contribution in [-0.2, 0) is 12.8 Å². The fourth-order valence-electron chi connectivity index (χ4n) is 4.89. The highest BCUT2D eigenvalue weighted by atomic mass is 32.1. The highest BCUT2D eigenvalue weighted by Gasteiger charge is 2.16. The fourth-order valence-corrected chi connectivity index (χ4v) is 6.01. The molecule has 0 unspecified atom stereocenters. The average molecular weight is 422 g/mol. The summed E-state index contributed by atoms with van der Waals surface area (Å²) in [6.45, 7) is 0. The molecule has 0 fully saturated rings. The van der Waals surface area contributed by atoms with Gasteiger partial charge in [0.1, 0.15) is 5.75 Å². The smallest absolute Gasteiger partial charge is 0.126 e. The molecule has 2 nitrogen and oxygen atoms in total. The van der Waals surface area contributed by atoms with Gasteiger partial charge in [-0.25, -0.2) is 0 Å². The van der Waals surface area contributed by atoms with Gasteiger partial charge in [0.25, 0.3) is 0 Å². The monoisotopic (exact) mass is 421 g/mol. The number of benzene rings is 3. The van der Waals surface area contributed by atoms with Crippen molar-refractivity contribution >= 4 is 31.5 Å². The third-order valence-corrected chi connectivity index (χ3v) is 7.57. The number of pyridine rings is 1. The molecule has 0 radical (unpaired) electrons. The summed E-state index contributed by atoms with van der Waals surface area (Å²) in [5.41, 5.74) is 7.66. The largest absolute Gasteiger partial charge is 0.496 e. The first-order valence-electron chi connectivity index (χ1n) is 10.9. The van der Waals surface area contributed by atoms with E-state index < -0.39 is 0 Å². The van der Waals surface area contributed by atoms with Gasteiger partial charge in [-0.05, 0) is 72.7 Å². The van der Waals surface area contributed by atoms with E-state index in [9.17, 15) is 0 Å². The van der Waals surface area contributed by atoms with Crippen molar-refractivity contribution in [2.45, 2.75) is 25.7 Å². The Labute approximate surface area is 186 Å². The maximum Gasteiger partial charge on any atom is 0.126 e. The Hall–Kier alpha value is -3.17. The molecule has 31 heavy (non-hydrogen) atoms. The van der Waals surface area contributed by atoms with E-state index in [-0.39, 0.29) is 0 Å². The minimum atomic E-state index is 0.908. The van der Waals surface area contributed by atoms with Crippen molar-refractivity contribution in [3.63, 3.8) is 0 Å². The van der Waals surface area contributed by atoms with Gasteiger partial charge in [-0.3, -0.25) is 4.98 Å². The maximum atomic E-state index is 5.58. The van der Waals surface area contributed by atoms with Gasteiger partial charge in [0.05, 0.1) is 12.8 Å². The summed E-state index contributed by atoms with van der Waals surface area (Å²) in [7, 11) is 1.73. The number of aryl methyl sites for hydroxylation is 1. The lowest BCUT2D eigenvalue weighted by atomic mass is 9.89. The first-order chi connectivity index (χ1) is 15.3. The van der Waals surface area contributed by atoms with Gasteiger partial charge >= 0.3 is 0 Å². The number of thiophene rings is 1. The summed E-state index contributed by atoms with van der Waals surface area (Å²) >= 11 is 1.86. The van der Waals surface area contributed by atoms with E-state index in [0.29, 0.717) is 0 Å². The van der Waals surface area contributed by atoms with Gasteiger partial charge in [-0.1, -0.05) is 36.4 Å². The zero-order valence-electron chi connectivity index (χ0n) is 17.5. The number of fused-ring (bicyclic) bond motifs is 4. The maximum absolute atomic E-state index is 5.58. The number of aromatic nitrogens is 1. The van der Waals surface area contributed by atoms with E-state index in [1.165, 1.54) is 67.4 Å². The Morgan fingerprint density at radius 1 is 0.806 bits per heavy atom. The average Bonchev–Trinajstić information content (AvgIpc) is 3.20.